The standard InChI is InChI=1S/C15H12FNOS2/c16-13-6-2-1-5-12(13)15(18)17-7-9-20-14(17)10-11-4-3-8-19-11/h1-6,8,10H,7,9H2/b14-10+. The first-order chi connectivity index (χ1) is 9.75. The topological polar surface area (TPSA) is 20.3 Å². The van der Waals surface area contributed by atoms with Gasteiger partial charge in [0.25, 0.3) is 5.91 Å². The molecule has 0 unspecified atom stereocenters. The summed E-state index contributed by atoms with van der Waals surface area (Å²) >= 11 is 3.25. The molecular weight excluding hydrogens is 293 g/mol. The number of thioether (sulfide) groups is 1. The minimum absolute atomic E-state index is 0.132. The number of carbonyl (C=O) groups is 1. The largest absolute Gasteiger partial charge is 0.302 e. The number of benzene rings is 1. The number of rotatable bonds is 2. The first kappa shape index (κ1) is 13.4. The second kappa shape index (κ2) is 5.81. The predicted molar refractivity (Wildman–Crippen MR) is 82.2 cm³/mol. The molecule has 1 aliphatic heterocycles. The zero-order chi connectivity index (χ0) is 13.9. The van der Waals surface area contributed by atoms with Crippen LogP contribution in [0.2, 0.25) is 0 Å². The second-order valence-corrected chi connectivity index (χ2v) is 6.38. The summed E-state index contributed by atoms with van der Waals surface area (Å²) in [5.41, 5.74) is 0.132. The Balaban J connectivity index is 1.89. The zero-order valence-corrected chi connectivity index (χ0v) is 12.2. The van der Waals surface area contributed by atoms with Crippen LogP contribution in [-0.2, 0) is 0 Å². The third-order valence-corrected chi connectivity index (χ3v) is 4.83. The molecule has 1 amide bonds. The van der Waals surface area contributed by atoms with Crippen molar-refractivity contribution < 1.29 is 9.18 Å². The van der Waals surface area contributed by atoms with Gasteiger partial charge in [0.05, 0.1) is 10.6 Å². The van der Waals surface area contributed by atoms with Crippen molar-refractivity contribution in [3.63, 3.8) is 0 Å². The highest BCUT2D eigenvalue weighted by Gasteiger charge is 2.26. The van der Waals surface area contributed by atoms with Crippen molar-refractivity contribution in [2.75, 3.05) is 12.3 Å². The van der Waals surface area contributed by atoms with Gasteiger partial charge in [0, 0.05) is 17.2 Å². The zero-order valence-electron chi connectivity index (χ0n) is 10.6. The Morgan fingerprint density at radius 1 is 1.25 bits per heavy atom. The maximum atomic E-state index is 13.7. The van der Waals surface area contributed by atoms with Gasteiger partial charge in [-0.15, -0.1) is 23.1 Å². The second-order valence-electron chi connectivity index (χ2n) is 4.28. The molecule has 0 bridgehead atoms. The minimum Gasteiger partial charge on any atom is -0.302 e. The molecule has 20 heavy (non-hydrogen) atoms. The summed E-state index contributed by atoms with van der Waals surface area (Å²) < 4.78 is 13.7. The van der Waals surface area contributed by atoms with Crippen molar-refractivity contribution in [3.05, 3.63) is 63.1 Å². The van der Waals surface area contributed by atoms with Gasteiger partial charge in [-0.25, -0.2) is 4.39 Å². The molecule has 0 atom stereocenters. The van der Waals surface area contributed by atoms with E-state index in [0.717, 1.165) is 15.7 Å². The summed E-state index contributed by atoms with van der Waals surface area (Å²) in [7, 11) is 0. The Hall–Kier alpha value is -1.59. The smallest absolute Gasteiger partial charge is 0.261 e. The molecule has 0 N–H and O–H groups in total. The molecule has 1 fully saturated rings. The van der Waals surface area contributed by atoms with E-state index < -0.39 is 5.82 Å². The third-order valence-electron chi connectivity index (χ3n) is 2.99. The lowest BCUT2D eigenvalue weighted by molar-refractivity contribution is 0.0826. The predicted octanol–water partition coefficient (Wildman–Crippen LogP) is 4.07. The fraction of sp³-hybridized carbons (Fsp3) is 0.133. The van der Waals surface area contributed by atoms with Crippen LogP contribution in [0.1, 0.15) is 15.2 Å². The molecule has 2 heterocycles. The van der Waals surface area contributed by atoms with Crippen molar-refractivity contribution in [1.29, 1.82) is 0 Å². The molecule has 0 spiro atoms. The maximum absolute atomic E-state index is 13.7. The molecule has 0 saturated carbocycles. The van der Waals surface area contributed by atoms with Gasteiger partial charge < -0.3 is 4.90 Å². The molecule has 0 aliphatic carbocycles. The third kappa shape index (κ3) is 2.64. The van der Waals surface area contributed by atoms with E-state index in [-0.39, 0.29) is 11.5 Å². The van der Waals surface area contributed by atoms with Crippen LogP contribution < -0.4 is 0 Å². The van der Waals surface area contributed by atoms with Crippen LogP contribution in [0.3, 0.4) is 0 Å². The lowest BCUT2D eigenvalue weighted by Crippen LogP contribution is -2.27. The van der Waals surface area contributed by atoms with Crippen LogP contribution in [0.5, 0.6) is 0 Å². The lowest BCUT2D eigenvalue weighted by atomic mass is 10.2. The fourth-order valence-corrected chi connectivity index (χ4v) is 3.77. The Labute approximate surface area is 124 Å². The Kier molecular flexibility index (Phi) is 3.89. The highest BCUT2D eigenvalue weighted by molar-refractivity contribution is 8.03. The first-order valence-corrected chi connectivity index (χ1v) is 8.06. The summed E-state index contributed by atoms with van der Waals surface area (Å²) in [6.45, 7) is 0.620. The molecule has 2 aromatic rings. The summed E-state index contributed by atoms with van der Waals surface area (Å²) in [6.07, 6.45) is 1.99. The van der Waals surface area contributed by atoms with Crippen molar-refractivity contribution in [2.24, 2.45) is 0 Å². The number of hydrogen-bond donors (Lipinski definition) is 0. The van der Waals surface area contributed by atoms with E-state index in [0.29, 0.717) is 6.54 Å². The van der Waals surface area contributed by atoms with E-state index in [1.807, 2.05) is 23.6 Å². The highest BCUT2D eigenvalue weighted by Crippen LogP contribution is 2.32. The normalized spacial score (nSPS) is 16.9. The molecule has 1 saturated heterocycles. The molecule has 2 nitrogen and oxygen atoms in total. The minimum atomic E-state index is -0.468. The first-order valence-electron chi connectivity index (χ1n) is 6.20. The van der Waals surface area contributed by atoms with E-state index in [4.69, 9.17) is 0 Å². The van der Waals surface area contributed by atoms with E-state index in [1.54, 1.807) is 40.1 Å². The molecule has 1 aliphatic rings. The quantitative estimate of drug-likeness (QED) is 0.833. The summed E-state index contributed by atoms with van der Waals surface area (Å²) in [5, 5.41) is 2.88. The van der Waals surface area contributed by atoms with Crippen LogP contribution in [0, 0.1) is 5.82 Å². The number of nitrogens with zero attached hydrogens (tertiary/aromatic N) is 1. The molecular formula is C15H12FNOS2. The summed E-state index contributed by atoms with van der Waals surface area (Å²) in [4.78, 5) is 15.2. The van der Waals surface area contributed by atoms with Gasteiger partial charge in [0.1, 0.15) is 5.82 Å². The van der Waals surface area contributed by atoms with Crippen LogP contribution in [0.15, 0.2) is 46.8 Å². The van der Waals surface area contributed by atoms with E-state index in [9.17, 15) is 9.18 Å². The summed E-state index contributed by atoms with van der Waals surface area (Å²) in [6, 6.07) is 10.1. The Morgan fingerprint density at radius 3 is 2.85 bits per heavy atom. The number of halogens is 1. The Bertz CT molecular complexity index is 652. The molecule has 3 rings (SSSR count). The maximum Gasteiger partial charge on any atom is 0.261 e. The van der Waals surface area contributed by atoms with Crippen molar-refractivity contribution in [3.8, 4) is 0 Å². The van der Waals surface area contributed by atoms with Crippen molar-refractivity contribution in [1.82, 2.24) is 4.90 Å². The number of amides is 1. The Morgan fingerprint density at radius 2 is 2.10 bits per heavy atom. The SMILES string of the molecule is O=C(c1ccccc1F)N1CCS/C1=C/c1cccs1. The summed E-state index contributed by atoms with van der Waals surface area (Å²) in [5.74, 6) is 0.109. The molecule has 102 valence electrons. The van der Waals surface area contributed by atoms with Crippen LogP contribution >= 0.6 is 23.1 Å². The van der Waals surface area contributed by atoms with Gasteiger partial charge >= 0.3 is 0 Å². The monoisotopic (exact) mass is 305 g/mol. The van der Waals surface area contributed by atoms with E-state index in [2.05, 4.69) is 0 Å². The average molecular weight is 305 g/mol. The van der Waals surface area contributed by atoms with Crippen molar-refractivity contribution in [2.45, 2.75) is 0 Å². The van der Waals surface area contributed by atoms with Gasteiger partial charge in [0.15, 0.2) is 0 Å². The van der Waals surface area contributed by atoms with E-state index in [1.165, 1.54) is 12.1 Å². The van der Waals surface area contributed by atoms with Crippen LogP contribution in [-0.4, -0.2) is 23.1 Å². The van der Waals surface area contributed by atoms with E-state index >= 15 is 0 Å². The number of carbonyl (C=O) groups excluding carboxylic acids is 1. The fourth-order valence-electron chi connectivity index (χ4n) is 2.03. The average Bonchev–Trinajstić information content (AvgIpc) is 3.11. The van der Waals surface area contributed by atoms with Crippen LogP contribution in [0.4, 0.5) is 4.39 Å². The van der Waals surface area contributed by atoms with Gasteiger partial charge in [0.2, 0.25) is 0 Å². The number of hydrogen-bond acceptors (Lipinski definition) is 3. The molecule has 1 aromatic carbocycles. The van der Waals surface area contributed by atoms with Crippen molar-refractivity contribution >= 4 is 35.1 Å². The molecule has 1 aromatic heterocycles. The molecule has 0 radical (unpaired) electrons. The van der Waals surface area contributed by atoms with Gasteiger partial charge in [-0.2, -0.15) is 0 Å². The van der Waals surface area contributed by atoms with Gasteiger partial charge in [-0.1, -0.05) is 18.2 Å². The highest BCUT2D eigenvalue weighted by atomic mass is 32.2. The van der Waals surface area contributed by atoms with Gasteiger partial charge in [-0.3, -0.25) is 4.79 Å². The molecule has 5 heteroatoms. The van der Waals surface area contributed by atoms with Gasteiger partial charge in [-0.05, 0) is 29.7 Å². The lowest BCUT2D eigenvalue weighted by Gasteiger charge is -2.17. The van der Waals surface area contributed by atoms with Crippen LogP contribution in [0.25, 0.3) is 6.08 Å². The number of thiophene rings is 1.